The summed E-state index contributed by atoms with van der Waals surface area (Å²) in [5.41, 5.74) is 0.126. The van der Waals surface area contributed by atoms with Gasteiger partial charge in [0.15, 0.2) is 0 Å². The van der Waals surface area contributed by atoms with Crippen molar-refractivity contribution in [1.82, 2.24) is 4.98 Å². The molecule has 0 atom stereocenters. The molecule has 15 heavy (non-hydrogen) atoms. The van der Waals surface area contributed by atoms with Crippen molar-refractivity contribution < 1.29 is 13.2 Å². The van der Waals surface area contributed by atoms with E-state index in [0.717, 1.165) is 0 Å². The molecule has 0 aromatic carbocycles. The molecule has 1 aromatic heterocycles. The van der Waals surface area contributed by atoms with Crippen LogP contribution in [-0.2, 0) is 0 Å². The van der Waals surface area contributed by atoms with Gasteiger partial charge < -0.3 is 4.90 Å². The van der Waals surface area contributed by atoms with Crippen LogP contribution in [0.25, 0.3) is 0 Å². The van der Waals surface area contributed by atoms with Crippen molar-refractivity contribution in [1.29, 1.82) is 0 Å². The van der Waals surface area contributed by atoms with Gasteiger partial charge in [-0.25, -0.2) is 13.8 Å². The molecule has 1 fully saturated rings. The van der Waals surface area contributed by atoms with E-state index < -0.39 is 18.4 Å². The van der Waals surface area contributed by atoms with Gasteiger partial charge in [0.2, 0.25) is 5.95 Å². The summed E-state index contributed by atoms with van der Waals surface area (Å²) in [5, 5.41) is 0. The van der Waals surface area contributed by atoms with Gasteiger partial charge in [-0.3, -0.25) is 0 Å². The van der Waals surface area contributed by atoms with Gasteiger partial charge in [0, 0.05) is 23.6 Å². The van der Waals surface area contributed by atoms with Crippen LogP contribution >= 0.6 is 15.9 Å². The van der Waals surface area contributed by atoms with E-state index in [9.17, 15) is 13.2 Å². The Balaban J connectivity index is 2.27. The molecule has 2 rings (SSSR count). The molecule has 1 aliphatic heterocycles. The summed E-state index contributed by atoms with van der Waals surface area (Å²) in [4.78, 5) is 4.78. The third-order valence-corrected chi connectivity index (χ3v) is 2.73. The fourth-order valence-corrected chi connectivity index (χ4v) is 1.89. The predicted octanol–water partition coefficient (Wildman–Crippen LogP) is 2.83. The zero-order valence-electron chi connectivity index (χ0n) is 7.68. The van der Waals surface area contributed by atoms with Crippen LogP contribution in [0.4, 0.5) is 18.9 Å². The van der Waals surface area contributed by atoms with Crippen molar-refractivity contribution >= 4 is 21.6 Å². The first-order valence-electron chi connectivity index (χ1n) is 4.42. The molecule has 6 heteroatoms. The zero-order valence-corrected chi connectivity index (χ0v) is 9.27. The van der Waals surface area contributed by atoms with Crippen molar-refractivity contribution in [2.75, 3.05) is 18.0 Å². The van der Waals surface area contributed by atoms with Gasteiger partial charge in [-0.2, -0.15) is 4.39 Å². The highest BCUT2D eigenvalue weighted by Crippen LogP contribution is 2.32. The van der Waals surface area contributed by atoms with Crippen LogP contribution in [0.5, 0.6) is 0 Å². The highest BCUT2D eigenvalue weighted by molar-refractivity contribution is 9.10. The fraction of sp³-hybridized carbons (Fsp3) is 0.444. The van der Waals surface area contributed by atoms with Crippen LogP contribution in [0.2, 0.25) is 0 Å². The number of nitrogens with zero attached hydrogens (tertiary/aromatic N) is 2. The van der Waals surface area contributed by atoms with Gasteiger partial charge in [-0.05, 0) is 22.0 Å². The number of halogens is 4. The lowest BCUT2D eigenvalue weighted by Gasteiger charge is -2.18. The van der Waals surface area contributed by atoms with E-state index in [1.165, 1.54) is 17.2 Å². The first kappa shape index (κ1) is 10.7. The normalized spacial score (nSPS) is 19.6. The smallest absolute Gasteiger partial charge is 0.266 e. The average Bonchev–Trinajstić information content (AvgIpc) is 2.50. The van der Waals surface area contributed by atoms with Crippen molar-refractivity contribution in [3.8, 4) is 0 Å². The Morgan fingerprint density at radius 2 is 2.20 bits per heavy atom. The summed E-state index contributed by atoms with van der Waals surface area (Å²) in [7, 11) is 0. The van der Waals surface area contributed by atoms with E-state index in [-0.39, 0.29) is 18.7 Å². The molecule has 0 saturated carbocycles. The second-order valence-electron chi connectivity index (χ2n) is 3.49. The molecule has 0 radical (unpaired) electrons. The summed E-state index contributed by atoms with van der Waals surface area (Å²) in [6.45, 7) is -0.288. The van der Waals surface area contributed by atoms with E-state index in [4.69, 9.17) is 0 Å². The number of hydrogen-bond donors (Lipinski definition) is 0. The minimum atomic E-state index is -2.73. The van der Waals surface area contributed by atoms with Crippen LogP contribution in [0.15, 0.2) is 16.7 Å². The van der Waals surface area contributed by atoms with Crippen LogP contribution in [-0.4, -0.2) is 24.0 Å². The summed E-state index contributed by atoms with van der Waals surface area (Å²) >= 11 is 3.13. The molecule has 0 bridgehead atoms. The number of aromatic nitrogens is 1. The van der Waals surface area contributed by atoms with Gasteiger partial charge in [-0.15, -0.1) is 0 Å². The van der Waals surface area contributed by atoms with Gasteiger partial charge in [-0.1, -0.05) is 0 Å². The topological polar surface area (TPSA) is 16.1 Å². The minimum absolute atomic E-state index is 0.126. The second kappa shape index (κ2) is 3.66. The summed E-state index contributed by atoms with van der Waals surface area (Å²) in [5.74, 6) is -3.44. The van der Waals surface area contributed by atoms with E-state index in [1.54, 1.807) is 0 Å². The lowest BCUT2D eigenvalue weighted by molar-refractivity contribution is 0.0257. The Hall–Kier alpha value is -0.780. The molecule has 0 aliphatic carbocycles. The number of anilines is 1. The molecule has 1 aliphatic rings. The van der Waals surface area contributed by atoms with Gasteiger partial charge in [0.05, 0.1) is 12.2 Å². The zero-order chi connectivity index (χ0) is 11.1. The van der Waals surface area contributed by atoms with Gasteiger partial charge in [0.1, 0.15) is 0 Å². The summed E-state index contributed by atoms with van der Waals surface area (Å²) < 4.78 is 39.7. The molecule has 82 valence electrons. The largest absolute Gasteiger partial charge is 0.362 e. The Morgan fingerprint density at radius 3 is 2.80 bits per heavy atom. The summed E-state index contributed by atoms with van der Waals surface area (Å²) in [6, 6.07) is 1.46. The Bertz CT molecular complexity index is 384. The molecule has 1 aromatic rings. The SMILES string of the molecule is Fc1ncc(Br)cc1N1CCC(F)(F)C1. The number of rotatable bonds is 1. The van der Waals surface area contributed by atoms with Crippen molar-refractivity contribution in [2.45, 2.75) is 12.3 Å². The van der Waals surface area contributed by atoms with Crippen molar-refractivity contribution in [3.05, 3.63) is 22.7 Å². The predicted molar refractivity (Wildman–Crippen MR) is 53.7 cm³/mol. The average molecular weight is 281 g/mol. The Labute approximate surface area is 93.2 Å². The van der Waals surface area contributed by atoms with E-state index in [1.807, 2.05) is 0 Å². The number of hydrogen-bond acceptors (Lipinski definition) is 2. The maximum Gasteiger partial charge on any atom is 0.266 e. The molecule has 2 nitrogen and oxygen atoms in total. The standard InChI is InChI=1S/C9H8BrF3N2/c10-6-3-7(8(11)14-4-6)15-2-1-9(12,13)5-15/h3-4H,1-2,5H2. The first-order valence-corrected chi connectivity index (χ1v) is 5.21. The van der Waals surface area contributed by atoms with Crippen molar-refractivity contribution in [2.24, 2.45) is 0 Å². The molecule has 0 spiro atoms. The van der Waals surface area contributed by atoms with Gasteiger partial charge >= 0.3 is 0 Å². The number of pyridine rings is 1. The van der Waals surface area contributed by atoms with Crippen molar-refractivity contribution in [3.63, 3.8) is 0 Å². The Morgan fingerprint density at radius 1 is 1.47 bits per heavy atom. The molecular formula is C9H8BrF3N2. The molecule has 0 N–H and O–H groups in total. The highest BCUT2D eigenvalue weighted by Gasteiger charge is 2.39. The maximum atomic E-state index is 13.3. The maximum absolute atomic E-state index is 13.3. The molecule has 1 saturated heterocycles. The first-order chi connectivity index (χ1) is 6.98. The van der Waals surface area contributed by atoms with Crippen LogP contribution in [0.1, 0.15) is 6.42 Å². The third-order valence-electron chi connectivity index (χ3n) is 2.30. The molecule has 0 amide bonds. The summed E-state index contributed by atoms with van der Waals surface area (Å²) in [6.07, 6.45) is 1.06. The quantitative estimate of drug-likeness (QED) is 0.736. The fourth-order valence-electron chi connectivity index (χ4n) is 1.58. The molecular weight excluding hydrogens is 273 g/mol. The van der Waals surface area contributed by atoms with Crippen LogP contribution in [0.3, 0.4) is 0 Å². The minimum Gasteiger partial charge on any atom is -0.362 e. The van der Waals surface area contributed by atoms with Crippen LogP contribution in [0, 0.1) is 5.95 Å². The monoisotopic (exact) mass is 280 g/mol. The lowest BCUT2D eigenvalue weighted by Crippen LogP contribution is -2.25. The van der Waals surface area contributed by atoms with E-state index in [2.05, 4.69) is 20.9 Å². The lowest BCUT2D eigenvalue weighted by atomic mass is 10.3. The number of alkyl halides is 2. The molecule has 0 unspecified atom stereocenters. The third kappa shape index (κ3) is 2.25. The van der Waals surface area contributed by atoms with E-state index in [0.29, 0.717) is 4.47 Å². The second-order valence-corrected chi connectivity index (χ2v) is 4.41. The highest BCUT2D eigenvalue weighted by atomic mass is 79.9. The van der Waals surface area contributed by atoms with E-state index >= 15 is 0 Å². The molecule has 2 heterocycles. The van der Waals surface area contributed by atoms with Crippen LogP contribution < -0.4 is 4.90 Å². The Kier molecular flexibility index (Phi) is 2.62. The van der Waals surface area contributed by atoms with Gasteiger partial charge in [0.25, 0.3) is 5.92 Å².